The van der Waals surface area contributed by atoms with Crippen LogP contribution in [0.4, 0.5) is 17.1 Å². The number of para-hydroxylation sites is 1. The molecule has 2 nitrogen and oxygen atoms in total. The number of fused-ring (bicyclic) bond motifs is 5. The molecule has 0 spiro atoms. The molecule has 0 bridgehead atoms. The van der Waals surface area contributed by atoms with E-state index in [9.17, 15) is 0 Å². The van der Waals surface area contributed by atoms with Crippen molar-refractivity contribution in [2.24, 2.45) is 0 Å². The molecule has 0 radical (unpaired) electrons. The Bertz CT molecular complexity index is 3260. The molecular weight excluding hydrogens is 727 g/mol. The number of nitrogens with zero attached hydrogens (tertiary/aromatic N) is 1. The van der Waals surface area contributed by atoms with E-state index in [0.717, 1.165) is 55.5 Å². The molecule has 0 amide bonds. The Labute approximate surface area is 349 Å². The molecule has 10 aromatic carbocycles. The van der Waals surface area contributed by atoms with Crippen molar-refractivity contribution < 1.29 is 4.42 Å². The normalized spacial score (nSPS) is 11.3. The van der Waals surface area contributed by atoms with Gasteiger partial charge in [-0.25, -0.2) is 0 Å². The Hall–Kier alpha value is -7.94. The predicted octanol–water partition coefficient (Wildman–Crippen LogP) is 16.5. The molecule has 0 unspecified atom stereocenters. The van der Waals surface area contributed by atoms with Gasteiger partial charge < -0.3 is 9.32 Å². The van der Waals surface area contributed by atoms with Crippen LogP contribution in [0.5, 0.6) is 0 Å². The molecule has 1 heterocycles. The first kappa shape index (κ1) is 35.2. The van der Waals surface area contributed by atoms with Crippen LogP contribution in [0, 0.1) is 0 Å². The van der Waals surface area contributed by atoms with Gasteiger partial charge >= 0.3 is 0 Å². The maximum Gasteiger partial charge on any atom is 0.143 e. The number of hydrogen-bond acceptors (Lipinski definition) is 2. The lowest BCUT2D eigenvalue weighted by atomic mass is 9.96. The predicted molar refractivity (Wildman–Crippen MR) is 253 cm³/mol. The Kier molecular flexibility index (Phi) is 8.87. The zero-order valence-corrected chi connectivity index (χ0v) is 32.9. The molecule has 0 N–H and O–H groups in total. The van der Waals surface area contributed by atoms with E-state index < -0.39 is 0 Å². The molecule has 11 rings (SSSR count). The van der Waals surface area contributed by atoms with Crippen molar-refractivity contribution in [2.75, 3.05) is 4.90 Å². The number of rotatable bonds is 8. The highest BCUT2D eigenvalue weighted by Crippen LogP contribution is 2.41. The summed E-state index contributed by atoms with van der Waals surface area (Å²) in [4.78, 5) is 2.36. The molecule has 0 aliphatic carbocycles. The summed E-state index contributed by atoms with van der Waals surface area (Å²) in [5.74, 6) is 0. The molecule has 0 aliphatic heterocycles. The van der Waals surface area contributed by atoms with Gasteiger partial charge in [0.05, 0.1) is 0 Å². The van der Waals surface area contributed by atoms with Crippen molar-refractivity contribution in [3.8, 4) is 55.6 Å². The third-order valence-corrected chi connectivity index (χ3v) is 11.7. The Balaban J connectivity index is 0.965. The fraction of sp³-hybridized carbons (Fsp3) is 0. The summed E-state index contributed by atoms with van der Waals surface area (Å²) in [6.45, 7) is 0. The molecule has 60 heavy (non-hydrogen) atoms. The van der Waals surface area contributed by atoms with Gasteiger partial charge in [-0.3, -0.25) is 0 Å². The van der Waals surface area contributed by atoms with Gasteiger partial charge in [0.15, 0.2) is 0 Å². The maximum absolute atomic E-state index is 6.43. The largest absolute Gasteiger partial charge is 0.455 e. The van der Waals surface area contributed by atoms with E-state index in [2.05, 4.69) is 229 Å². The summed E-state index contributed by atoms with van der Waals surface area (Å²) in [7, 11) is 0. The molecular formula is C58H39NO. The van der Waals surface area contributed by atoms with Gasteiger partial charge in [0, 0.05) is 33.2 Å². The van der Waals surface area contributed by atoms with Crippen LogP contribution in [-0.4, -0.2) is 0 Å². The summed E-state index contributed by atoms with van der Waals surface area (Å²) in [6, 6.07) is 84.8. The molecule has 0 atom stereocenters. The molecule has 0 fully saturated rings. The average Bonchev–Trinajstić information content (AvgIpc) is 3.72. The molecule has 1 aromatic heterocycles. The zero-order chi connectivity index (χ0) is 39.8. The van der Waals surface area contributed by atoms with Gasteiger partial charge in [0.25, 0.3) is 0 Å². The van der Waals surface area contributed by atoms with Crippen LogP contribution in [0.25, 0.3) is 88.3 Å². The highest BCUT2D eigenvalue weighted by Gasteiger charge is 2.17. The summed E-state index contributed by atoms with van der Waals surface area (Å²) >= 11 is 0. The molecule has 0 saturated carbocycles. The summed E-state index contributed by atoms with van der Waals surface area (Å²) in [5.41, 5.74) is 17.0. The number of furan rings is 1. The fourth-order valence-electron chi connectivity index (χ4n) is 8.63. The van der Waals surface area contributed by atoms with Crippen molar-refractivity contribution in [1.82, 2.24) is 0 Å². The molecule has 2 heteroatoms. The molecule has 0 aliphatic rings. The lowest BCUT2D eigenvalue weighted by Gasteiger charge is -2.26. The topological polar surface area (TPSA) is 16.4 Å². The molecule has 282 valence electrons. The Morgan fingerprint density at radius 2 is 0.667 bits per heavy atom. The number of hydrogen-bond donors (Lipinski definition) is 0. The van der Waals surface area contributed by atoms with Crippen LogP contribution >= 0.6 is 0 Å². The van der Waals surface area contributed by atoms with E-state index in [1.807, 2.05) is 12.1 Å². The third kappa shape index (κ3) is 6.51. The van der Waals surface area contributed by atoms with Crippen molar-refractivity contribution in [3.63, 3.8) is 0 Å². The van der Waals surface area contributed by atoms with Crippen LogP contribution in [0.3, 0.4) is 0 Å². The highest BCUT2D eigenvalue weighted by molar-refractivity contribution is 6.17. The zero-order valence-electron chi connectivity index (χ0n) is 32.9. The minimum atomic E-state index is 0.914. The van der Waals surface area contributed by atoms with Crippen molar-refractivity contribution in [1.29, 1.82) is 0 Å². The summed E-state index contributed by atoms with van der Waals surface area (Å²) in [5, 5.41) is 4.58. The first-order valence-electron chi connectivity index (χ1n) is 20.5. The third-order valence-electron chi connectivity index (χ3n) is 11.7. The van der Waals surface area contributed by atoms with Crippen LogP contribution in [0.2, 0.25) is 0 Å². The second kappa shape index (κ2) is 15.1. The SMILES string of the molecule is c1ccc(-c2ccc(-c3ccc(N(c4ccc(-c5cccc6c5ccc5c7ccccc7oc65)cc4)c4cccc(-c5ccc(-c6ccccc6)cc5)c4)cc3)cc2)cc1. The van der Waals surface area contributed by atoms with E-state index in [0.29, 0.717) is 0 Å². The lowest BCUT2D eigenvalue weighted by molar-refractivity contribution is 0.672. The smallest absolute Gasteiger partial charge is 0.143 e. The van der Waals surface area contributed by atoms with Gasteiger partial charge in [-0.1, -0.05) is 188 Å². The first-order valence-corrected chi connectivity index (χ1v) is 20.5. The van der Waals surface area contributed by atoms with Gasteiger partial charge in [-0.15, -0.1) is 0 Å². The second-order valence-corrected chi connectivity index (χ2v) is 15.3. The minimum Gasteiger partial charge on any atom is -0.455 e. The summed E-state index contributed by atoms with van der Waals surface area (Å²) < 4.78 is 6.43. The van der Waals surface area contributed by atoms with Crippen molar-refractivity contribution >= 4 is 49.8 Å². The molecule has 0 saturated heterocycles. The monoisotopic (exact) mass is 765 g/mol. The fourth-order valence-corrected chi connectivity index (χ4v) is 8.63. The molecule has 11 aromatic rings. The van der Waals surface area contributed by atoms with E-state index in [4.69, 9.17) is 4.42 Å². The average molecular weight is 766 g/mol. The van der Waals surface area contributed by atoms with E-state index in [1.54, 1.807) is 0 Å². The lowest BCUT2D eigenvalue weighted by Crippen LogP contribution is -2.10. The van der Waals surface area contributed by atoms with E-state index in [1.165, 1.54) is 49.9 Å². The van der Waals surface area contributed by atoms with Gasteiger partial charge in [-0.05, 0) is 110 Å². The van der Waals surface area contributed by atoms with E-state index in [-0.39, 0.29) is 0 Å². The standard InChI is InChI=1S/C58H39NO/c1-3-11-40(12-4-1)42-21-23-44(24-22-42)45-29-33-49(34-30-45)59(51-16-9-15-48(39-51)46-27-25-43(26-28-46)41-13-5-2-6-14-41)50-35-31-47(32-36-50)52-18-10-19-55-53(52)37-38-56-54-17-7-8-20-57(54)60-58(55)56/h1-39H. The van der Waals surface area contributed by atoms with E-state index >= 15 is 0 Å². The number of anilines is 3. The van der Waals surface area contributed by atoms with Gasteiger partial charge in [0.2, 0.25) is 0 Å². The van der Waals surface area contributed by atoms with Crippen molar-refractivity contribution in [2.45, 2.75) is 0 Å². The Morgan fingerprint density at radius 3 is 1.27 bits per heavy atom. The quantitative estimate of drug-likeness (QED) is 0.153. The van der Waals surface area contributed by atoms with Gasteiger partial charge in [0.1, 0.15) is 11.2 Å². The summed E-state index contributed by atoms with van der Waals surface area (Å²) in [6.07, 6.45) is 0. The van der Waals surface area contributed by atoms with Crippen LogP contribution < -0.4 is 4.90 Å². The maximum atomic E-state index is 6.43. The second-order valence-electron chi connectivity index (χ2n) is 15.3. The van der Waals surface area contributed by atoms with Crippen LogP contribution in [0.1, 0.15) is 0 Å². The Morgan fingerprint density at radius 1 is 0.250 bits per heavy atom. The van der Waals surface area contributed by atoms with Crippen molar-refractivity contribution in [3.05, 3.63) is 237 Å². The van der Waals surface area contributed by atoms with Gasteiger partial charge in [-0.2, -0.15) is 0 Å². The number of benzene rings is 10. The highest BCUT2D eigenvalue weighted by atomic mass is 16.3. The minimum absolute atomic E-state index is 0.914. The van der Waals surface area contributed by atoms with Crippen LogP contribution in [-0.2, 0) is 0 Å². The van der Waals surface area contributed by atoms with Crippen LogP contribution in [0.15, 0.2) is 241 Å². The first-order chi connectivity index (χ1) is 29.7.